The molecule has 0 aliphatic carbocycles. The highest BCUT2D eigenvalue weighted by Crippen LogP contribution is 2.36. The molecular weight excluding hydrogens is 807 g/mol. The molecule has 3 saturated heterocycles. The van der Waals surface area contributed by atoms with Crippen LogP contribution in [0.25, 0.3) is 33.5 Å². The number of amides is 4. The number of hydrogen-bond donors (Lipinski definition) is 3. The molecule has 4 aromatic heterocycles. The average molecular weight is 866 g/mol. The maximum atomic E-state index is 13.1. The molecule has 64 heavy (non-hydrogen) atoms. The van der Waals surface area contributed by atoms with Crippen LogP contribution in [0.2, 0.25) is 0 Å². The number of likely N-dealkylation sites (tertiary alicyclic amines) is 1. The number of aryl methyl sites for hydroxylation is 2. The van der Waals surface area contributed by atoms with Crippen molar-refractivity contribution in [3.05, 3.63) is 89.3 Å². The Balaban J connectivity index is 0.806. The molecule has 7 heterocycles. The Morgan fingerprint density at radius 1 is 0.906 bits per heavy atom. The minimum atomic E-state index is -0.351. The summed E-state index contributed by atoms with van der Waals surface area (Å²) in [6.45, 7) is 20.1. The van der Waals surface area contributed by atoms with Gasteiger partial charge in [-0.2, -0.15) is 5.10 Å². The van der Waals surface area contributed by atoms with Crippen LogP contribution < -0.4 is 20.4 Å². The maximum Gasteiger partial charge on any atom is 0.328 e. The van der Waals surface area contributed by atoms with Gasteiger partial charge < -0.3 is 20.1 Å². The van der Waals surface area contributed by atoms with Gasteiger partial charge in [0.15, 0.2) is 5.69 Å². The Hall–Kier alpha value is -6.42. The summed E-state index contributed by atoms with van der Waals surface area (Å²) in [4.78, 5) is 56.6. The lowest BCUT2D eigenvalue weighted by atomic mass is 9.94. The van der Waals surface area contributed by atoms with Gasteiger partial charge in [0.25, 0.3) is 5.91 Å². The number of nitrogens with one attached hydrogen (secondary N) is 3. The fraction of sp³-hybridized carbons (Fsp3) is 0.458. The van der Waals surface area contributed by atoms with Crippen molar-refractivity contribution in [1.82, 2.24) is 55.3 Å². The molecule has 0 radical (unpaired) electrons. The van der Waals surface area contributed by atoms with Gasteiger partial charge in [-0.05, 0) is 128 Å². The van der Waals surface area contributed by atoms with Crippen LogP contribution in [0.15, 0.2) is 61.1 Å². The van der Waals surface area contributed by atoms with Crippen molar-refractivity contribution >= 4 is 40.3 Å². The van der Waals surface area contributed by atoms with Crippen LogP contribution >= 0.6 is 0 Å². The third-order valence-electron chi connectivity index (χ3n) is 13.4. The van der Waals surface area contributed by atoms with Gasteiger partial charge in [0.2, 0.25) is 5.91 Å². The molecule has 334 valence electrons. The number of nitrogens with zero attached hydrogens (tertiary/aromatic N) is 10. The molecule has 3 aliphatic rings. The number of rotatable bonds is 10. The van der Waals surface area contributed by atoms with Gasteiger partial charge >= 0.3 is 6.03 Å². The SMILES string of the molecule is Cc1cc(-c2ncnc3[nH]c(-c4c(C)nn(C5CCN(CC6CCN(c7ccc(N8CCC(=O)NC8=O)cc7)CC6)CC5)c4C)cc23)ccc1[C@@H](C)NC(=O)c1cn(C(C)(C)C)nn1. The Labute approximate surface area is 373 Å². The van der Waals surface area contributed by atoms with E-state index < -0.39 is 0 Å². The third-order valence-corrected chi connectivity index (χ3v) is 13.4. The molecule has 4 amide bonds. The zero-order valence-corrected chi connectivity index (χ0v) is 38.0. The van der Waals surface area contributed by atoms with Gasteiger partial charge in [0.1, 0.15) is 12.0 Å². The number of carbonyl (C=O) groups excluding carboxylic acids is 3. The zero-order chi connectivity index (χ0) is 44.9. The number of aromatic amines is 1. The van der Waals surface area contributed by atoms with E-state index in [-0.39, 0.29) is 29.4 Å². The van der Waals surface area contributed by atoms with Crippen molar-refractivity contribution < 1.29 is 14.4 Å². The number of aromatic nitrogens is 8. The van der Waals surface area contributed by atoms with E-state index in [0.717, 1.165) is 120 Å². The third kappa shape index (κ3) is 8.62. The maximum absolute atomic E-state index is 13.1. The highest BCUT2D eigenvalue weighted by molar-refractivity contribution is 6.05. The minimum absolute atomic E-state index is 0.219. The summed E-state index contributed by atoms with van der Waals surface area (Å²) in [6, 6.07) is 16.3. The van der Waals surface area contributed by atoms with Gasteiger partial charge in [0.05, 0.1) is 40.9 Å². The number of carbonyl (C=O) groups is 3. The summed E-state index contributed by atoms with van der Waals surface area (Å²) < 4.78 is 3.96. The van der Waals surface area contributed by atoms with Crippen LogP contribution in [0, 0.1) is 26.7 Å². The number of benzene rings is 2. The predicted octanol–water partition coefficient (Wildman–Crippen LogP) is 7.25. The molecule has 16 nitrogen and oxygen atoms in total. The molecule has 3 aliphatic heterocycles. The van der Waals surface area contributed by atoms with Crippen molar-refractivity contribution in [3.8, 4) is 22.5 Å². The summed E-state index contributed by atoms with van der Waals surface area (Å²) in [7, 11) is 0. The first-order valence-corrected chi connectivity index (χ1v) is 22.6. The standard InChI is InChI=1S/C48H59N13O3/c1-29-24-34(8-13-38(29)30(2)51-46(63)41-27-60(56-54-41)48(5,6)7)44-39-25-40(52-45(39)50-28-49-44)43-31(3)55-61(32(43)4)37-16-19-57(20-17-37)26-33-14-21-58(22-15-33)35-9-11-36(12-10-35)59-23-18-42(62)53-47(59)64/h8-13,24-25,27-28,30,33,37H,14-23,26H2,1-7H3,(H,51,63)(H,49,50,52)(H,53,62,64)/t30-/m1/s1. The van der Waals surface area contributed by atoms with Crippen molar-refractivity contribution in [2.45, 2.75) is 98.2 Å². The van der Waals surface area contributed by atoms with Crippen LogP contribution in [0.5, 0.6) is 0 Å². The van der Waals surface area contributed by atoms with E-state index in [1.807, 2.05) is 39.8 Å². The van der Waals surface area contributed by atoms with Gasteiger partial charge in [-0.15, -0.1) is 5.10 Å². The normalized spacial score (nSPS) is 17.6. The van der Waals surface area contributed by atoms with E-state index in [0.29, 0.717) is 30.6 Å². The van der Waals surface area contributed by atoms with Gasteiger partial charge in [-0.3, -0.25) is 24.5 Å². The number of urea groups is 1. The average Bonchev–Trinajstić information content (AvgIpc) is 4.02. The first-order valence-electron chi connectivity index (χ1n) is 22.6. The second kappa shape index (κ2) is 17.3. The van der Waals surface area contributed by atoms with Crippen LogP contribution in [-0.2, 0) is 10.3 Å². The lowest BCUT2D eigenvalue weighted by molar-refractivity contribution is -0.120. The fourth-order valence-corrected chi connectivity index (χ4v) is 9.80. The summed E-state index contributed by atoms with van der Waals surface area (Å²) >= 11 is 0. The van der Waals surface area contributed by atoms with Crippen molar-refractivity contribution in [2.24, 2.45) is 5.92 Å². The van der Waals surface area contributed by atoms with Crippen LogP contribution in [0.1, 0.15) is 105 Å². The van der Waals surface area contributed by atoms with Gasteiger partial charge in [-0.1, -0.05) is 17.3 Å². The van der Waals surface area contributed by atoms with Crippen molar-refractivity contribution in [1.29, 1.82) is 0 Å². The monoisotopic (exact) mass is 865 g/mol. The highest BCUT2D eigenvalue weighted by Gasteiger charge is 2.29. The fourth-order valence-electron chi connectivity index (χ4n) is 9.80. The number of imide groups is 1. The Morgan fingerprint density at radius 3 is 2.33 bits per heavy atom. The predicted molar refractivity (Wildman–Crippen MR) is 247 cm³/mol. The summed E-state index contributed by atoms with van der Waals surface area (Å²) in [6.07, 6.45) is 8.06. The number of H-pyrrole nitrogens is 1. The molecule has 3 fully saturated rings. The minimum Gasteiger partial charge on any atom is -0.372 e. The van der Waals surface area contributed by atoms with Crippen LogP contribution in [-0.4, -0.2) is 102 Å². The van der Waals surface area contributed by atoms with Crippen molar-refractivity contribution in [3.63, 3.8) is 0 Å². The molecule has 9 rings (SSSR count). The first kappa shape index (κ1) is 42.9. The molecule has 0 saturated carbocycles. The lowest BCUT2D eigenvalue weighted by Gasteiger charge is -2.38. The van der Waals surface area contributed by atoms with Gasteiger partial charge in [0, 0.05) is 79.3 Å². The summed E-state index contributed by atoms with van der Waals surface area (Å²) in [5, 5.41) is 19.8. The van der Waals surface area contributed by atoms with E-state index in [1.165, 1.54) is 5.69 Å². The van der Waals surface area contributed by atoms with E-state index >= 15 is 0 Å². The molecule has 1 atom stereocenters. The Morgan fingerprint density at radius 2 is 1.64 bits per heavy atom. The lowest BCUT2D eigenvalue weighted by Crippen LogP contribution is -2.49. The Bertz CT molecular complexity index is 2690. The molecule has 0 spiro atoms. The topological polar surface area (TPSA) is 175 Å². The molecule has 3 N–H and O–H groups in total. The first-order chi connectivity index (χ1) is 30.7. The number of anilines is 2. The number of piperidine rings is 2. The summed E-state index contributed by atoms with van der Waals surface area (Å²) in [5.41, 5.74) is 10.9. The smallest absolute Gasteiger partial charge is 0.328 e. The molecule has 0 bridgehead atoms. The van der Waals surface area contributed by atoms with E-state index in [9.17, 15) is 14.4 Å². The molecule has 2 aromatic carbocycles. The number of hydrogen-bond acceptors (Lipinski definition) is 10. The van der Waals surface area contributed by atoms with Crippen molar-refractivity contribution in [2.75, 3.05) is 49.1 Å². The summed E-state index contributed by atoms with van der Waals surface area (Å²) in [5.74, 6) is 0.189. The molecular formula is C48H59N13O3. The second-order valence-electron chi connectivity index (χ2n) is 18.9. The molecule has 16 heteroatoms. The van der Waals surface area contributed by atoms with E-state index in [4.69, 9.17) is 10.1 Å². The van der Waals surface area contributed by atoms with E-state index in [2.05, 4.69) is 103 Å². The zero-order valence-electron chi connectivity index (χ0n) is 38.0. The molecule has 0 unspecified atom stereocenters. The second-order valence-corrected chi connectivity index (χ2v) is 18.9. The van der Waals surface area contributed by atoms with E-state index in [1.54, 1.807) is 22.1 Å². The molecule has 6 aromatic rings. The van der Waals surface area contributed by atoms with Crippen LogP contribution in [0.4, 0.5) is 16.2 Å². The highest BCUT2D eigenvalue weighted by atomic mass is 16.2. The van der Waals surface area contributed by atoms with Crippen LogP contribution in [0.3, 0.4) is 0 Å². The van der Waals surface area contributed by atoms with Gasteiger partial charge in [-0.25, -0.2) is 19.4 Å². The Kier molecular flexibility index (Phi) is 11.6. The largest absolute Gasteiger partial charge is 0.372 e. The quantitative estimate of drug-likeness (QED) is 0.127. The number of fused-ring (bicyclic) bond motifs is 1.